The van der Waals surface area contributed by atoms with Crippen molar-refractivity contribution in [2.24, 2.45) is 5.73 Å². The van der Waals surface area contributed by atoms with Crippen LogP contribution in [0, 0.1) is 18.3 Å². The van der Waals surface area contributed by atoms with Gasteiger partial charge in [-0.1, -0.05) is 49.1 Å². The largest absolute Gasteiger partial charge is 0.444 e. The van der Waals surface area contributed by atoms with E-state index in [1.165, 1.54) is 0 Å². The third-order valence-corrected chi connectivity index (χ3v) is 5.62. The maximum atomic E-state index is 13.9. The maximum absolute atomic E-state index is 13.9. The number of hydrogen-bond acceptors (Lipinski definition) is 6. The average molecular weight is 534 g/mol. The Bertz CT molecular complexity index is 1260. The molecule has 206 valence electrons. The highest BCUT2D eigenvalue weighted by molar-refractivity contribution is 5.99. The van der Waals surface area contributed by atoms with Crippen molar-refractivity contribution in [2.75, 3.05) is 11.9 Å². The molecule has 0 aromatic heterocycles. The van der Waals surface area contributed by atoms with Gasteiger partial charge in [-0.25, -0.2) is 4.79 Å². The van der Waals surface area contributed by atoms with E-state index < -0.39 is 48.0 Å². The number of para-hydroxylation sites is 1. The Balaban J connectivity index is 2.56. The first-order valence-electron chi connectivity index (χ1n) is 12.4. The third kappa shape index (κ3) is 9.31. The summed E-state index contributed by atoms with van der Waals surface area (Å²) in [5.74, 6) is -2.00. The molecule has 0 spiro atoms. The maximum Gasteiger partial charge on any atom is 0.408 e. The van der Waals surface area contributed by atoms with E-state index in [2.05, 4.69) is 17.2 Å². The van der Waals surface area contributed by atoms with Gasteiger partial charge in [0.15, 0.2) is 0 Å². The first-order chi connectivity index (χ1) is 18.4. The Morgan fingerprint density at radius 1 is 1.15 bits per heavy atom. The Hall–Kier alpha value is -4.65. The van der Waals surface area contributed by atoms with Crippen LogP contribution in [-0.4, -0.2) is 46.9 Å². The summed E-state index contributed by atoms with van der Waals surface area (Å²) >= 11 is 0. The molecule has 0 bridgehead atoms. The van der Waals surface area contributed by atoms with Crippen LogP contribution in [0.2, 0.25) is 0 Å². The van der Waals surface area contributed by atoms with Crippen molar-refractivity contribution in [3.63, 3.8) is 0 Å². The van der Waals surface area contributed by atoms with E-state index in [1.807, 2.05) is 25.1 Å². The van der Waals surface area contributed by atoms with Gasteiger partial charge in [-0.05, 0) is 62.9 Å². The highest BCUT2D eigenvalue weighted by Crippen LogP contribution is 2.27. The van der Waals surface area contributed by atoms with Crippen LogP contribution in [0.25, 0.3) is 6.08 Å². The zero-order valence-electron chi connectivity index (χ0n) is 22.7. The molecule has 2 aromatic rings. The third-order valence-electron chi connectivity index (χ3n) is 5.62. The highest BCUT2D eigenvalue weighted by atomic mass is 16.6. The van der Waals surface area contributed by atoms with Crippen LogP contribution in [0.3, 0.4) is 0 Å². The molecule has 2 rings (SSSR count). The van der Waals surface area contributed by atoms with E-state index in [4.69, 9.17) is 10.5 Å². The van der Waals surface area contributed by atoms with Crippen LogP contribution in [0.15, 0.2) is 55.1 Å². The average Bonchev–Trinajstić information content (AvgIpc) is 2.86. The Kier molecular flexibility index (Phi) is 10.8. The van der Waals surface area contributed by atoms with E-state index in [1.54, 1.807) is 63.2 Å². The predicted molar refractivity (Wildman–Crippen MR) is 148 cm³/mol. The number of benzene rings is 2. The standard InChI is InChI=1S/C29H35N5O5/c1-6-20-11-9-12-21(18-20)25(26(36)32-22-13-8-7-10-19(22)2)34(17-16-30)27(37)23(14-15-24(31)35)33-28(38)39-29(3,4)5/h6-13,18,23,25H,1,14-15,17H2,2-5H3,(H2,31,35)(H,32,36)(H,33,38). The van der Waals surface area contributed by atoms with Crippen molar-refractivity contribution in [3.8, 4) is 6.07 Å². The van der Waals surface area contributed by atoms with Crippen LogP contribution in [-0.2, 0) is 19.1 Å². The molecule has 0 saturated carbocycles. The number of aryl methyl sites for hydroxylation is 1. The molecule has 2 aromatic carbocycles. The van der Waals surface area contributed by atoms with Gasteiger partial charge >= 0.3 is 6.09 Å². The summed E-state index contributed by atoms with van der Waals surface area (Å²) in [7, 11) is 0. The minimum Gasteiger partial charge on any atom is -0.444 e. The van der Waals surface area contributed by atoms with Crippen molar-refractivity contribution >= 4 is 35.6 Å². The van der Waals surface area contributed by atoms with Gasteiger partial charge in [-0.2, -0.15) is 5.26 Å². The molecular weight excluding hydrogens is 498 g/mol. The lowest BCUT2D eigenvalue weighted by atomic mass is 9.99. The van der Waals surface area contributed by atoms with Gasteiger partial charge in [0.25, 0.3) is 5.91 Å². The number of nitrogens with two attached hydrogens (primary N) is 1. The first kappa shape index (κ1) is 30.6. The number of nitrogens with one attached hydrogen (secondary N) is 2. The summed E-state index contributed by atoms with van der Waals surface area (Å²) in [6.07, 6.45) is 0.319. The van der Waals surface area contributed by atoms with Gasteiger partial charge in [-0.15, -0.1) is 0 Å². The van der Waals surface area contributed by atoms with Crippen LogP contribution >= 0.6 is 0 Å². The Morgan fingerprint density at radius 3 is 2.44 bits per heavy atom. The summed E-state index contributed by atoms with van der Waals surface area (Å²) in [6, 6.07) is 13.4. The van der Waals surface area contributed by atoms with E-state index >= 15 is 0 Å². The zero-order chi connectivity index (χ0) is 29.2. The minimum absolute atomic E-state index is 0.159. The van der Waals surface area contributed by atoms with Gasteiger partial charge < -0.3 is 26.0 Å². The van der Waals surface area contributed by atoms with E-state index in [0.29, 0.717) is 16.8 Å². The second kappa shape index (κ2) is 13.8. The highest BCUT2D eigenvalue weighted by Gasteiger charge is 2.36. The molecule has 0 aliphatic carbocycles. The number of anilines is 1. The molecule has 0 aliphatic heterocycles. The topological polar surface area (TPSA) is 155 Å². The summed E-state index contributed by atoms with van der Waals surface area (Å²) in [6.45, 7) is 10.1. The molecule has 0 saturated heterocycles. The fourth-order valence-corrected chi connectivity index (χ4v) is 3.81. The lowest BCUT2D eigenvalue weighted by molar-refractivity contribution is -0.140. The fourth-order valence-electron chi connectivity index (χ4n) is 3.81. The summed E-state index contributed by atoms with van der Waals surface area (Å²) in [5, 5.41) is 15.0. The van der Waals surface area contributed by atoms with E-state index in [0.717, 1.165) is 10.5 Å². The second-order valence-electron chi connectivity index (χ2n) is 9.91. The van der Waals surface area contributed by atoms with Gasteiger partial charge in [0, 0.05) is 12.1 Å². The normalized spacial score (nSPS) is 12.3. The SMILES string of the molecule is C=Cc1cccc(C(C(=O)Nc2ccccc2C)N(CC#N)C(=O)C(CCC(N)=O)NC(=O)OC(C)(C)C)c1. The van der Waals surface area contributed by atoms with E-state index in [9.17, 15) is 24.4 Å². The predicted octanol–water partition coefficient (Wildman–Crippen LogP) is 3.83. The summed E-state index contributed by atoms with van der Waals surface area (Å²) in [5.41, 5.74) is 6.91. The molecule has 39 heavy (non-hydrogen) atoms. The van der Waals surface area contributed by atoms with Gasteiger partial charge in [0.05, 0.1) is 6.07 Å². The quantitative estimate of drug-likeness (QED) is 0.373. The number of primary amides is 1. The van der Waals surface area contributed by atoms with Crippen molar-refractivity contribution < 1.29 is 23.9 Å². The van der Waals surface area contributed by atoms with Crippen LogP contribution in [0.4, 0.5) is 10.5 Å². The molecule has 0 aliphatic rings. The fraction of sp³-hybridized carbons (Fsp3) is 0.345. The number of carbonyl (C=O) groups excluding carboxylic acids is 4. The van der Waals surface area contributed by atoms with Gasteiger partial charge in [0.1, 0.15) is 24.2 Å². The van der Waals surface area contributed by atoms with Crippen LogP contribution in [0.5, 0.6) is 0 Å². The lowest BCUT2D eigenvalue weighted by Gasteiger charge is -2.33. The van der Waals surface area contributed by atoms with Crippen molar-refractivity contribution in [2.45, 2.75) is 58.2 Å². The number of ether oxygens (including phenoxy) is 1. The zero-order valence-corrected chi connectivity index (χ0v) is 22.7. The van der Waals surface area contributed by atoms with Crippen molar-refractivity contribution in [3.05, 3.63) is 71.8 Å². The van der Waals surface area contributed by atoms with Gasteiger partial charge in [0.2, 0.25) is 11.8 Å². The van der Waals surface area contributed by atoms with Crippen LogP contribution < -0.4 is 16.4 Å². The van der Waals surface area contributed by atoms with Gasteiger partial charge in [-0.3, -0.25) is 14.4 Å². The number of nitrogens with zero attached hydrogens (tertiary/aromatic N) is 2. The molecule has 0 heterocycles. The molecule has 10 heteroatoms. The first-order valence-corrected chi connectivity index (χ1v) is 12.4. The Labute approximate surface area is 228 Å². The summed E-state index contributed by atoms with van der Waals surface area (Å²) in [4.78, 5) is 52.8. The number of hydrogen-bond donors (Lipinski definition) is 3. The molecule has 4 amide bonds. The summed E-state index contributed by atoms with van der Waals surface area (Å²) < 4.78 is 5.29. The van der Waals surface area contributed by atoms with E-state index in [-0.39, 0.29) is 12.8 Å². The number of nitriles is 1. The second-order valence-corrected chi connectivity index (χ2v) is 9.91. The molecule has 4 N–H and O–H groups in total. The van der Waals surface area contributed by atoms with Crippen molar-refractivity contribution in [1.82, 2.24) is 10.2 Å². The molecule has 0 fully saturated rings. The smallest absolute Gasteiger partial charge is 0.408 e. The monoisotopic (exact) mass is 533 g/mol. The minimum atomic E-state index is -1.29. The van der Waals surface area contributed by atoms with Crippen LogP contribution in [0.1, 0.15) is 56.3 Å². The molecule has 0 radical (unpaired) electrons. The molecule has 2 unspecified atom stereocenters. The Morgan fingerprint density at radius 2 is 1.85 bits per heavy atom. The lowest BCUT2D eigenvalue weighted by Crippen LogP contribution is -2.52. The molecule has 10 nitrogen and oxygen atoms in total. The molecule has 2 atom stereocenters. The number of carbonyl (C=O) groups is 4. The number of alkyl carbamates (subject to hydrolysis) is 1. The number of rotatable bonds is 11. The van der Waals surface area contributed by atoms with Crippen molar-refractivity contribution in [1.29, 1.82) is 5.26 Å². The number of amides is 4. The molecular formula is C29H35N5O5.